The molecule has 0 atom stereocenters. The highest BCUT2D eigenvalue weighted by Gasteiger charge is 2.11. The third-order valence-corrected chi connectivity index (χ3v) is 3.33. The predicted molar refractivity (Wildman–Crippen MR) is 88.6 cm³/mol. The lowest BCUT2D eigenvalue weighted by Crippen LogP contribution is -2.24. The van der Waals surface area contributed by atoms with Gasteiger partial charge in [-0.2, -0.15) is 0 Å². The molecule has 2 aromatic rings. The summed E-state index contributed by atoms with van der Waals surface area (Å²) in [5, 5.41) is 16.3. The van der Waals surface area contributed by atoms with Gasteiger partial charge in [-0.25, -0.2) is 0 Å². The molecule has 0 radical (unpaired) electrons. The standard InChI is InChI=1S/C18H18N2O4/c1-11(2)16(21)19-13-9-7-12(8-10-13)17(22)20-15-6-4-3-5-14(15)18(23)24/h3-11H,1-2H3,(H,19,21)(H,20,22)(H,23,24)/p-1. The van der Waals surface area contributed by atoms with Crippen molar-refractivity contribution in [1.82, 2.24) is 0 Å². The molecule has 0 aromatic heterocycles. The Balaban J connectivity index is 2.11. The first-order valence-electron chi connectivity index (χ1n) is 7.41. The zero-order chi connectivity index (χ0) is 17.7. The highest BCUT2D eigenvalue weighted by atomic mass is 16.4. The Morgan fingerprint density at radius 3 is 2.12 bits per heavy atom. The molecule has 0 heterocycles. The van der Waals surface area contributed by atoms with Gasteiger partial charge >= 0.3 is 0 Å². The lowest BCUT2D eigenvalue weighted by Gasteiger charge is -2.12. The minimum absolute atomic E-state index is 0.0910. The van der Waals surface area contributed by atoms with E-state index >= 15 is 0 Å². The van der Waals surface area contributed by atoms with Gasteiger partial charge in [-0.3, -0.25) is 9.59 Å². The monoisotopic (exact) mass is 325 g/mol. The molecule has 6 nitrogen and oxygen atoms in total. The van der Waals surface area contributed by atoms with Crippen LogP contribution in [0.1, 0.15) is 34.6 Å². The molecule has 24 heavy (non-hydrogen) atoms. The Morgan fingerprint density at radius 2 is 1.54 bits per heavy atom. The van der Waals surface area contributed by atoms with Gasteiger partial charge in [0.15, 0.2) is 0 Å². The fourth-order valence-corrected chi connectivity index (χ4v) is 1.96. The maximum atomic E-state index is 12.2. The maximum Gasteiger partial charge on any atom is 0.255 e. The van der Waals surface area contributed by atoms with Crippen molar-refractivity contribution in [3.63, 3.8) is 0 Å². The van der Waals surface area contributed by atoms with E-state index in [1.165, 1.54) is 12.1 Å². The first kappa shape index (κ1) is 17.2. The van der Waals surface area contributed by atoms with Gasteiger partial charge in [-0.1, -0.05) is 32.0 Å². The largest absolute Gasteiger partial charge is 0.545 e. The molecule has 2 N–H and O–H groups in total. The van der Waals surface area contributed by atoms with Crippen molar-refractivity contribution in [2.75, 3.05) is 10.6 Å². The fraction of sp³-hybridized carbons (Fsp3) is 0.167. The number of benzene rings is 2. The van der Waals surface area contributed by atoms with Gasteiger partial charge in [-0.05, 0) is 30.3 Å². The second kappa shape index (κ2) is 7.41. The van der Waals surface area contributed by atoms with Gasteiger partial charge in [0.05, 0.1) is 11.7 Å². The van der Waals surface area contributed by atoms with Gasteiger partial charge in [0.2, 0.25) is 5.91 Å². The summed E-state index contributed by atoms with van der Waals surface area (Å²) in [4.78, 5) is 34.9. The summed E-state index contributed by atoms with van der Waals surface area (Å²) < 4.78 is 0. The number of hydrogen-bond donors (Lipinski definition) is 2. The summed E-state index contributed by atoms with van der Waals surface area (Å²) in [6.45, 7) is 3.57. The van der Waals surface area contributed by atoms with Crippen molar-refractivity contribution in [2.45, 2.75) is 13.8 Å². The third-order valence-electron chi connectivity index (χ3n) is 3.33. The van der Waals surface area contributed by atoms with Crippen molar-refractivity contribution >= 4 is 29.2 Å². The van der Waals surface area contributed by atoms with E-state index in [9.17, 15) is 19.5 Å². The van der Waals surface area contributed by atoms with Crippen molar-refractivity contribution in [1.29, 1.82) is 0 Å². The molecule has 2 aromatic carbocycles. The zero-order valence-corrected chi connectivity index (χ0v) is 13.3. The molecule has 0 saturated heterocycles. The SMILES string of the molecule is CC(C)C(=O)Nc1ccc(C(=O)Nc2ccccc2C(=O)[O-])cc1. The number of carboxylic acid groups (broad SMARTS) is 1. The number of nitrogens with one attached hydrogen (secondary N) is 2. The average Bonchev–Trinajstić information content (AvgIpc) is 2.55. The molecule has 0 saturated carbocycles. The molecule has 0 fully saturated rings. The molecular formula is C18H17N2O4-. The summed E-state index contributed by atoms with van der Waals surface area (Å²) in [5.74, 6) is -2.08. The number of carboxylic acids is 1. The van der Waals surface area contributed by atoms with Crippen molar-refractivity contribution in [3.8, 4) is 0 Å². The molecule has 0 aliphatic rings. The Hall–Kier alpha value is -3.15. The van der Waals surface area contributed by atoms with E-state index in [1.807, 2.05) is 0 Å². The smallest absolute Gasteiger partial charge is 0.255 e. The number of carbonyl (C=O) groups excluding carboxylic acids is 3. The second-order valence-corrected chi connectivity index (χ2v) is 5.51. The lowest BCUT2D eigenvalue weighted by molar-refractivity contribution is -0.254. The number of aromatic carboxylic acids is 1. The maximum absolute atomic E-state index is 12.2. The van der Waals surface area contributed by atoms with E-state index < -0.39 is 11.9 Å². The van der Waals surface area contributed by atoms with E-state index in [4.69, 9.17) is 0 Å². The van der Waals surface area contributed by atoms with Crippen LogP contribution in [0.2, 0.25) is 0 Å². The molecule has 0 spiro atoms. The van der Waals surface area contributed by atoms with Crippen LogP contribution in [0.5, 0.6) is 0 Å². The van der Waals surface area contributed by atoms with Gasteiger partial charge in [-0.15, -0.1) is 0 Å². The van der Waals surface area contributed by atoms with Crippen LogP contribution in [-0.2, 0) is 4.79 Å². The van der Waals surface area contributed by atoms with E-state index in [1.54, 1.807) is 50.2 Å². The van der Waals surface area contributed by atoms with E-state index in [0.29, 0.717) is 11.3 Å². The quantitative estimate of drug-likeness (QED) is 0.877. The first-order chi connectivity index (χ1) is 11.4. The number of hydrogen-bond acceptors (Lipinski definition) is 4. The van der Waals surface area contributed by atoms with Crippen molar-refractivity contribution < 1.29 is 19.5 Å². The van der Waals surface area contributed by atoms with Gasteiger partial charge < -0.3 is 20.5 Å². The van der Waals surface area contributed by atoms with E-state index in [2.05, 4.69) is 10.6 Å². The average molecular weight is 325 g/mol. The number of rotatable bonds is 5. The van der Waals surface area contributed by atoms with Crippen molar-refractivity contribution in [2.24, 2.45) is 5.92 Å². The van der Waals surface area contributed by atoms with Gasteiger partial charge in [0.1, 0.15) is 0 Å². The molecule has 2 amide bonds. The second-order valence-electron chi connectivity index (χ2n) is 5.51. The Labute approximate surface area is 139 Å². The van der Waals surface area contributed by atoms with Crippen LogP contribution >= 0.6 is 0 Å². The summed E-state index contributed by atoms with van der Waals surface area (Å²) >= 11 is 0. The minimum atomic E-state index is -1.36. The van der Waals surface area contributed by atoms with Crippen LogP contribution in [0.4, 0.5) is 11.4 Å². The molecule has 124 valence electrons. The summed E-state index contributed by atoms with van der Waals surface area (Å²) in [5.41, 5.74) is 0.998. The number of amides is 2. The topological polar surface area (TPSA) is 98.3 Å². The minimum Gasteiger partial charge on any atom is -0.545 e. The fourth-order valence-electron chi connectivity index (χ4n) is 1.96. The highest BCUT2D eigenvalue weighted by Crippen LogP contribution is 2.17. The Kier molecular flexibility index (Phi) is 5.31. The van der Waals surface area contributed by atoms with Crippen molar-refractivity contribution in [3.05, 3.63) is 59.7 Å². The summed E-state index contributed by atoms with van der Waals surface area (Å²) in [6.07, 6.45) is 0. The molecule has 0 bridgehead atoms. The van der Waals surface area contributed by atoms with Gasteiger partial charge in [0, 0.05) is 22.7 Å². The number of carbonyl (C=O) groups is 3. The summed E-state index contributed by atoms with van der Waals surface area (Å²) in [6, 6.07) is 12.3. The normalized spacial score (nSPS) is 10.3. The van der Waals surface area contributed by atoms with Crippen LogP contribution in [0.15, 0.2) is 48.5 Å². The molecule has 6 heteroatoms. The van der Waals surface area contributed by atoms with Crippen LogP contribution in [-0.4, -0.2) is 17.8 Å². The number of para-hydroxylation sites is 1. The van der Waals surface area contributed by atoms with E-state index in [-0.39, 0.29) is 23.1 Å². The Bertz CT molecular complexity index is 767. The molecule has 0 unspecified atom stereocenters. The van der Waals surface area contributed by atoms with Crippen LogP contribution in [0.25, 0.3) is 0 Å². The molecule has 0 aliphatic carbocycles. The van der Waals surface area contributed by atoms with Crippen LogP contribution < -0.4 is 15.7 Å². The summed E-state index contributed by atoms with van der Waals surface area (Å²) in [7, 11) is 0. The van der Waals surface area contributed by atoms with Gasteiger partial charge in [0.25, 0.3) is 5.91 Å². The highest BCUT2D eigenvalue weighted by molar-refractivity contribution is 6.07. The van der Waals surface area contributed by atoms with E-state index in [0.717, 1.165) is 0 Å². The molecule has 2 rings (SSSR count). The predicted octanol–water partition coefficient (Wildman–Crippen LogP) is 1.90. The van der Waals surface area contributed by atoms with Crippen LogP contribution in [0.3, 0.4) is 0 Å². The molecule has 0 aliphatic heterocycles. The zero-order valence-electron chi connectivity index (χ0n) is 13.3. The molecular weight excluding hydrogens is 308 g/mol. The lowest BCUT2D eigenvalue weighted by atomic mass is 10.1. The van der Waals surface area contributed by atoms with Crippen LogP contribution in [0, 0.1) is 5.92 Å². The number of anilines is 2. The Morgan fingerprint density at radius 1 is 0.917 bits per heavy atom. The third kappa shape index (κ3) is 4.19. The first-order valence-corrected chi connectivity index (χ1v) is 7.41.